The number of hydrogen-bond donors (Lipinski definition) is 1. The predicted octanol–water partition coefficient (Wildman–Crippen LogP) is 6.59. The van der Waals surface area contributed by atoms with Crippen molar-refractivity contribution in [3.8, 4) is 11.4 Å². The normalized spacial score (nSPS) is 17.5. The molecule has 1 fully saturated rings. The number of carbonyl (C=O) groups excluding carboxylic acids is 2. The van der Waals surface area contributed by atoms with Crippen LogP contribution < -0.4 is 15.9 Å². The van der Waals surface area contributed by atoms with Gasteiger partial charge in [0.1, 0.15) is 5.69 Å². The van der Waals surface area contributed by atoms with E-state index in [0.29, 0.717) is 43.6 Å². The van der Waals surface area contributed by atoms with Gasteiger partial charge in [0.05, 0.1) is 41.0 Å². The minimum atomic E-state index is -0.486. The van der Waals surface area contributed by atoms with Gasteiger partial charge in [-0.3, -0.25) is 18.7 Å². The molecule has 258 valence electrons. The van der Waals surface area contributed by atoms with Crippen LogP contribution in [0.15, 0.2) is 88.4 Å². The summed E-state index contributed by atoms with van der Waals surface area (Å²) in [6.45, 7) is 6.39. The summed E-state index contributed by atoms with van der Waals surface area (Å²) in [5.41, 5.74) is 3.54. The number of carbonyl (C=O) groups is 2. The van der Waals surface area contributed by atoms with Gasteiger partial charge in [0.15, 0.2) is 5.82 Å². The van der Waals surface area contributed by atoms with E-state index in [9.17, 15) is 18.8 Å². The summed E-state index contributed by atoms with van der Waals surface area (Å²) in [7, 11) is 0. The Labute approximate surface area is 302 Å². The molecular weight excluding hydrogens is 725 g/mol. The molecule has 0 aliphatic carbocycles. The number of piperidine rings is 1. The first-order valence-corrected chi connectivity index (χ1v) is 17.8. The first kappa shape index (κ1) is 33.8. The van der Waals surface area contributed by atoms with Gasteiger partial charge in [-0.25, -0.2) is 13.9 Å². The first-order chi connectivity index (χ1) is 24.1. The standard InChI is InChI=1S/C37H36BrClFN7O3/c1-23-6-5-15-43(19-23)28-10-12-29(13-11-28)47-34(35(48)41-17-26-7-3-4-8-32(26)46-21-27(40)18-42-46)33-22-44(24(2)20-45(33)37(47)50)36(49)25-9-14-30(38)31(39)16-25/h3-4,7-14,16,18,21,23-24H,5-6,15,17,19-20,22H2,1-2H3,(H,41,48)/t23-,24?/m1/s1. The van der Waals surface area contributed by atoms with Crippen molar-refractivity contribution in [2.75, 3.05) is 18.0 Å². The highest BCUT2D eigenvalue weighted by molar-refractivity contribution is 9.10. The van der Waals surface area contributed by atoms with Crippen molar-refractivity contribution in [3.05, 3.63) is 127 Å². The summed E-state index contributed by atoms with van der Waals surface area (Å²) >= 11 is 9.71. The van der Waals surface area contributed by atoms with Gasteiger partial charge in [-0.15, -0.1) is 0 Å². The molecule has 0 saturated carbocycles. The van der Waals surface area contributed by atoms with Gasteiger partial charge in [0, 0.05) is 47.9 Å². The molecule has 5 aromatic rings. The number of benzene rings is 3. The summed E-state index contributed by atoms with van der Waals surface area (Å²) in [4.78, 5) is 46.4. The van der Waals surface area contributed by atoms with Crippen LogP contribution in [0.25, 0.3) is 11.4 Å². The average molecular weight is 761 g/mol. The van der Waals surface area contributed by atoms with Crippen LogP contribution >= 0.6 is 27.5 Å². The molecule has 4 heterocycles. The molecule has 2 atom stereocenters. The smallest absolute Gasteiger partial charge is 0.333 e. The number of imidazole rings is 1. The largest absolute Gasteiger partial charge is 0.371 e. The molecule has 0 radical (unpaired) electrons. The average Bonchev–Trinajstić information content (AvgIpc) is 3.68. The molecule has 0 bridgehead atoms. The van der Waals surface area contributed by atoms with E-state index < -0.39 is 11.7 Å². The zero-order valence-electron chi connectivity index (χ0n) is 27.7. The second-order valence-corrected chi connectivity index (χ2v) is 14.3. The Kier molecular flexibility index (Phi) is 9.40. The Morgan fingerprint density at radius 1 is 1.04 bits per heavy atom. The second kappa shape index (κ2) is 13.9. The van der Waals surface area contributed by atoms with Gasteiger partial charge < -0.3 is 15.1 Å². The van der Waals surface area contributed by atoms with E-state index in [1.165, 1.54) is 21.9 Å². The number of rotatable bonds is 7. The van der Waals surface area contributed by atoms with Crippen LogP contribution in [0.3, 0.4) is 0 Å². The zero-order chi connectivity index (χ0) is 35.1. The summed E-state index contributed by atoms with van der Waals surface area (Å²) in [5, 5.41) is 7.49. The van der Waals surface area contributed by atoms with Crippen molar-refractivity contribution < 1.29 is 14.0 Å². The van der Waals surface area contributed by atoms with E-state index in [1.54, 1.807) is 33.7 Å². The molecule has 3 aromatic carbocycles. The van der Waals surface area contributed by atoms with Crippen LogP contribution in [0.4, 0.5) is 10.1 Å². The summed E-state index contributed by atoms with van der Waals surface area (Å²) in [6.07, 6.45) is 4.71. The highest BCUT2D eigenvalue weighted by atomic mass is 79.9. The summed E-state index contributed by atoms with van der Waals surface area (Å²) in [5.74, 6) is -0.629. The Morgan fingerprint density at radius 3 is 2.52 bits per heavy atom. The maximum atomic E-state index is 14.3. The quantitative estimate of drug-likeness (QED) is 0.202. The van der Waals surface area contributed by atoms with E-state index >= 15 is 0 Å². The number of halogens is 3. The lowest BCUT2D eigenvalue weighted by Gasteiger charge is -2.34. The minimum absolute atomic E-state index is 0.0333. The second-order valence-electron chi connectivity index (χ2n) is 13.1. The number of nitrogens with zero attached hydrogens (tertiary/aromatic N) is 6. The van der Waals surface area contributed by atoms with Crippen LogP contribution in [-0.4, -0.2) is 54.8 Å². The van der Waals surface area contributed by atoms with Crippen molar-refractivity contribution in [2.45, 2.75) is 52.4 Å². The number of anilines is 1. The van der Waals surface area contributed by atoms with Crippen LogP contribution in [0, 0.1) is 11.7 Å². The minimum Gasteiger partial charge on any atom is -0.371 e. The molecule has 2 amide bonds. The fraction of sp³-hybridized carbons (Fsp3) is 0.297. The summed E-state index contributed by atoms with van der Waals surface area (Å²) < 4.78 is 19.0. The molecule has 7 rings (SSSR count). The monoisotopic (exact) mass is 759 g/mol. The molecular formula is C37H36BrClFN7O3. The molecule has 2 aliphatic rings. The van der Waals surface area contributed by atoms with Crippen molar-refractivity contribution in [3.63, 3.8) is 0 Å². The van der Waals surface area contributed by atoms with Gasteiger partial charge in [-0.05, 0) is 95.7 Å². The maximum absolute atomic E-state index is 14.3. The summed E-state index contributed by atoms with van der Waals surface area (Å²) in [6, 6.07) is 19.6. The van der Waals surface area contributed by atoms with Gasteiger partial charge >= 0.3 is 5.69 Å². The van der Waals surface area contributed by atoms with E-state index in [2.05, 4.69) is 38.2 Å². The Bertz CT molecular complexity index is 2140. The first-order valence-electron chi connectivity index (χ1n) is 16.6. The molecule has 10 nitrogen and oxygen atoms in total. The van der Waals surface area contributed by atoms with Crippen LogP contribution in [0.2, 0.25) is 5.02 Å². The zero-order valence-corrected chi connectivity index (χ0v) is 30.0. The Morgan fingerprint density at radius 2 is 1.80 bits per heavy atom. The third-order valence-electron chi connectivity index (χ3n) is 9.55. The number of nitrogens with one attached hydrogen (secondary N) is 1. The van der Waals surface area contributed by atoms with Crippen molar-refractivity contribution in [1.82, 2.24) is 29.1 Å². The maximum Gasteiger partial charge on any atom is 0.333 e. The van der Waals surface area contributed by atoms with Gasteiger partial charge in [0.25, 0.3) is 11.8 Å². The topological polar surface area (TPSA) is 97.4 Å². The van der Waals surface area contributed by atoms with E-state index in [0.717, 1.165) is 31.4 Å². The molecule has 1 N–H and O–H groups in total. The van der Waals surface area contributed by atoms with Crippen molar-refractivity contribution in [2.24, 2.45) is 5.92 Å². The highest BCUT2D eigenvalue weighted by Crippen LogP contribution is 2.29. The third kappa shape index (κ3) is 6.49. The lowest BCUT2D eigenvalue weighted by molar-refractivity contribution is 0.0610. The lowest BCUT2D eigenvalue weighted by Crippen LogP contribution is -2.47. The number of hydrogen-bond acceptors (Lipinski definition) is 5. The Balaban J connectivity index is 1.26. The van der Waals surface area contributed by atoms with Crippen molar-refractivity contribution >= 4 is 45.0 Å². The van der Waals surface area contributed by atoms with Gasteiger partial charge in [-0.2, -0.15) is 5.10 Å². The van der Waals surface area contributed by atoms with Crippen molar-refractivity contribution in [1.29, 1.82) is 0 Å². The molecule has 2 aromatic heterocycles. The van der Waals surface area contributed by atoms with Gasteiger partial charge in [-0.1, -0.05) is 36.7 Å². The Hall–Kier alpha value is -4.68. The lowest BCUT2D eigenvalue weighted by atomic mass is 10.00. The predicted molar refractivity (Wildman–Crippen MR) is 194 cm³/mol. The fourth-order valence-corrected chi connectivity index (χ4v) is 7.40. The fourth-order valence-electron chi connectivity index (χ4n) is 6.97. The van der Waals surface area contributed by atoms with Crippen LogP contribution in [0.5, 0.6) is 0 Å². The number of fused-ring (bicyclic) bond motifs is 1. The van der Waals surface area contributed by atoms with Crippen LogP contribution in [-0.2, 0) is 19.6 Å². The third-order valence-corrected chi connectivity index (χ3v) is 10.8. The molecule has 0 spiro atoms. The van der Waals surface area contributed by atoms with E-state index in [1.807, 2.05) is 49.4 Å². The number of amides is 2. The SMILES string of the molecule is CC1Cn2c(c(C(=O)NCc3ccccc3-n3cc(F)cn3)n(-c3ccc(N4CCC[C@@H](C)C4)cc3)c2=O)CN1C(=O)c1ccc(Br)c(Cl)c1. The van der Waals surface area contributed by atoms with Gasteiger partial charge in [0.2, 0.25) is 0 Å². The molecule has 13 heteroatoms. The molecule has 50 heavy (non-hydrogen) atoms. The molecule has 1 unspecified atom stereocenters. The molecule has 2 aliphatic heterocycles. The highest BCUT2D eigenvalue weighted by Gasteiger charge is 2.35. The van der Waals surface area contributed by atoms with E-state index in [-0.39, 0.29) is 43.0 Å². The number of aromatic nitrogens is 4. The number of para-hydroxylation sites is 1. The molecule has 1 saturated heterocycles. The van der Waals surface area contributed by atoms with E-state index in [4.69, 9.17) is 11.6 Å². The van der Waals surface area contributed by atoms with Crippen LogP contribution in [0.1, 0.15) is 58.8 Å².